The van der Waals surface area contributed by atoms with Crippen molar-refractivity contribution in [3.63, 3.8) is 0 Å². The Balaban J connectivity index is 2.28. The number of aromatic nitrogens is 1. The zero-order chi connectivity index (χ0) is 12.4. The van der Waals surface area contributed by atoms with E-state index in [1.54, 1.807) is 18.2 Å². The summed E-state index contributed by atoms with van der Waals surface area (Å²) in [7, 11) is 0. The predicted octanol–water partition coefficient (Wildman–Crippen LogP) is 0.153. The van der Waals surface area contributed by atoms with Crippen LogP contribution < -0.4 is 11.5 Å². The lowest BCUT2D eigenvalue weighted by Gasteiger charge is -2.17. The summed E-state index contributed by atoms with van der Waals surface area (Å²) < 4.78 is 5.11. The van der Waals surface area contributed by atoms with E-state index in [9.17, 15) is 10.2 Å². The fraction of sp³-hybridized carbons (Fsp3) is 0.364. The van der Waals surface area contributed by atoms with Crippen LogP contribution in [0.1, 0.15) is 18.1 Å². The Labute approximate surface area is 97.9 Å². The van der Waals surface area contributed by atoms with Crippen LogP contribution in [0.4, 0.5) is 6.01 Å². The van der Waals surface area contributed by atoms with Gasteiger partial charge < -0.3 is 26.1 Å². The topological polar surface area (TPSA) is 119 Å². The summed E-state index contributed by atoms with van der Waals surface area (Å²) in [6.45, 7) is 0.317. The number of aliphatic hydroxyl groups is 2. The highest BCUT2D eigenvalue weighted by Gasteiger charge is 2.18. The van der Waals surface area contributed by atoms with Crippen molar-refractivity contribution in [2.24, 2.45) is 5.73 Å². The molecule has 1 aromatic heterocycles. The number of fused-ring (bicyclic) bond motifs is 1. The van der Waals surface area contributed by atoms with E-state index >= 15 is 0 Å². The molecule has 17 heavy (non-hydrogen) atoms. The van der Waals surface area contributed by atoms with Gasteiger partial charge in [0.15, 0.2) is 5.58 Å². The third-order valence-electron chi connectivity index (χ3n) is 2.60. The maximum Gasteiger partial charge on any atom is 0.292 e. The van der Waals surface area contributed by atoms with Crippen LogP contribution in [-0.2, 0) is 0 Å². The number of aliphatic hydroxyl groups excluding tert-OH is 2. The van der Waals surface area contributed by atoms with Crippen LogP contribution in [0.25, 0.3) is 11.1 Å². The first-order chi connectivity index (χ1) is 8.11. The summed E-state index contributed by atoms with van der Waals surface area (Å²) >= 11 is 0. The van der Waals surface area contributed by atoms with Crippen LogP contribution in [0.3, 0.4) is 0 Å². The SMILES string of the molecule is NCCC(O)C(O)c1ccc2oc(N)nc2c1. The second-order valence-electron chi connectivity index (χ2n) is 3.87. The van der Waals surface area contributed by atoms with Gasteiger partial charge in [0.1, 0.15) is 11.6 Å². The third-order valence-corrected chi connectivity index (χ3v) is 2.60. The summed E-state index contributed by atoms with van der Waals surface area (Å²) in [5.74, 6) is 0. The van der Waals surface area contributed by atoms with Crippen molar-refractivity contribution in [2.75, 3.05) is 12.3 Å². The average Bonchev–Trinajstić information content (AvgIpc) is 2.67. The molecule has 2 rings (SSSR count). The second kappa shape index (κ2) is 4.70. The molecule has 0 spiro atoms. The van der Waals surface area contributed by atoms with Gasteiger partial charge in [0.05, 0.1) is 6.10 Å². The Bertz CT molecular complexity index is 512. The minimum atomic E-state index is -0.985. The Morgan fingerprint density at radius 2 is 2.12 bits per heavy atom. The van der Waals surface area contributed by atoms with Crippen LogP contribution in [-0.4, -0.2) is 27.8 Å². The summed E-state index contributed by atoms with van der Waals surface area (Å²) in [6, 6.07) is 5.04. The maximum absolute atomic E-state index is 9.89. The number of nitrogen functional groups attached to an aromatic ring is 1. The van der Waals surface area contributed by atoms with E-state index in [0.29, 0.717) is 29.6 Å². The van der Waals surface area contributed by atoms with E-state index in [-0.39, 0.29) is 6.01 Å². The van der Waals surface area contributed by atoms with Crippen LogP contribution in [0.5, 0.6) is 0 Å². The third kappa shape index (κ3) is 2.38. The molecule has 2 atom stereocenters. The van der Waals surface area contributed by atoms with E-state index in [1.165, 1.54) is 0 Å². The number of nitrogens with two attached hydrogens (primary N) is 2. The lowest BCUT2D eigenvalue weighted by Crippen LogP contribution is -2.21. The molecule has 0 saturated heterocycles. The van der Waals surface area contributed by atoms with Crippen LogP contribution in [0, 0.1) is 0 Å². The largest absolute Gasteiger partial charge is 0.424 e. The number of benzene rings is 1. The number of hydrogen-bond acceptors (Lipinski definition) is 6. The van der Waals surface area contributed by atoms with Gasteiger partial charge in [-0.3, -0.25) is 0 Å². The van der Waals surface area contributed by atoms with Crippen molar-refractivity contribution < 1.29 is 14.6 Å². The molecule has 0 radical (unpaired) electrons. The standard InChI is InChI=1S/C11H15N3O3/c12-4-3-8(15)10(16)6-1-2-9-7(5-6)14-11(13)17-9/h1-2,5,8,10,15-16H,3-4,12H2,(H2,13,14). The molecule has 0 aliphatic rings. The molecule has 2 unspecified atom stereocenters. The van der Waals surface area contributed by atoms with E-state index in [1.807, 2.05) is 0 Å². The van der Waals surface area contributed by atoms with Gasteiger partial charge in [-0.15, -0.1) is 0 Å². The zero-order valence-corrected chi connectivity index (χ0v) is 9.21. The number of hydrogen-bond donors (Lipinski definition) is 4. The van der Waals surface area contributed by atoms with Gasteiger partial charge in [0.2, 0.25) is 0 Å². The molecule has 92 valence electrons. The van der Waals surface area contributed by atoms with E-state index in [4.69, 9.17) is 15.9 Å². The van der Waals surface area contributed by atoms with Crippen molar-refractivity contribution in [2.45, 2.75) is 18.6 Å². The summed E-state index contributed by atoms with van der Waals surface area (Å²) in [5, 5.41) is 19.5. The lowest BCUT2D eigenvalue weighted by atomic mass is 10.0. The highest BCUT2D eigenvalue weighted by molar-refractivity contribution is 5.75. The molecule has 0 aliphatic heterocycles. The maximum atomic E-state index is 9.89. The van der Waals surface area contributed by atoms with Gasteiger partial charge in [0.25, 0.3) is 6.01 Å². The molecule has 1 aromatic carbocycles. The van der Waals surface area contributed by atoms with Gasteiger partial charge >= 0.3 is 0 Å². The van der Waals surface area contributed by atoms with Crippen molar-refractivity contribution in [1.29, 1.82) is 0 Å². The highest BCUT2D eigenvalue weighted by atomic mass is 16.4. The summed E-state index contributed by atoms with van der Waals surface area (Å²) in [6.07, 6.45) is -1.54. The number of nitrogens with zero attached hydrogens (tertiary/aromatic N) is 1. The molecule has 6 nitrogen and oxygen atoms in total. The highest BCUT2D eigenvalue weighted by Crippen LogP contribution is 2.24. The molecular formula is C11H15N3O3. The molecule has 0 amide bonds. The van der Waals surface area contributed by atoms with Crippen LogP contribution in [0.15, 0.2) is 22.6 Å². The minimum absolute atomic E-state index is 0.0779. The smallest absolute Gasteiger partial charge is 0.292 e. The minimum Gasteiger partial charge on any atom is -0.424 e. The van der Waals surface area contributed by atoms with Crippen molar-refractivity contribution in [3.8, 4) is 0 Å². The monoisotopic (exact) mass is 237 g/mol. The van der Waals surface area contributed by atoms with E-state index in [2.05, 4.69) is 4.98 Å². The van der Waals surface area contributed by atoms with Crippen molar-refractivity contribution in [1.82, 2.24) is 4.98 Å². The Morgan fingerprint density at radius 1 is 1.35 bits per heavy atom. The van der Waals surface area contributed by atoms with Gasteiger partial charge in [-0.05, 0) is 30.7 Å². The van der Waals surface area contributed by atoms with Gasteiger partial charge in [0, 0.05) is 0 Å². The number of rotatable bonds is 4. The quantitative estimate of drug-likeness (QED) is 0.601. The summed E-state index contributed by atoms with van der Waals surface area (Å²) in [4.78, 5) is 3.96. The Kier molecular flexibility index (Phi) is 3.28. The molecule has 0 saturated carbocycles. The van der Waals surface area contributed by atoms with E-state index < -0.39 is 12.2 Å². The zero-order valence-electron chi connectivity index (χ0n) is 9.21. The molecule has 0 aliphatic carbocycles. The Morgan fingerprint density at radius 3 is 2.82 bits per heavy atom. The fourth-order valence-electron chi connectivity index (χ4n) is 1.70. The molecule has 6 N–H and O–H groups in total. The average molecular weight is 237 g/mol. The van der Waals surface area contributed by atoms with Crippen LogP contribution >= 0.6 is 0 Å². The fourth-order valence-corrected chi connectivity index (χ4v) is 1.70. The number of oxazole rings is 1. The Hall–Kier alpha value is -1.63. The van der Waals surface area contributed by atoms with E-state index in [0.717, 1.165) is 0 Å². The predicted molar refractivity (Wildman–Crippen MR) is 63.1 cm³/mol. The molecule has 6 heteroatoms. The first-order valence-corrected chi connectivity index (χ1v) is 5.34. The normalized spacial score (nSPS) is 15.0. The van der Waals surface area contributed by atoms with Crippen molar-refractivity contribution in [3.05, 3.63) is 23.8 Å². The summed E-state index contributed by atoms with van der Waals surface area (Å²) in [5.41, 5.74) is 12.4. The van der Waals surface area contributed by atoms with Crippen molar-refractivity contribution >= 4 is 17.1 Å². The van der Waals surface area contributed by atoms with Gasteiger partial charge in [-0.25, -0.2) is 0 Å². The van der Waals surface area contributed by atoms with Gasteiger partial charge in [-0.2, -0.15) is 4.98 Å². The van der Waals surface area contributed by atoms with Gasteiger partial charge in [-0.1, -0.05) is 6.07 Å². The van der Waals surface area contributed by atoms with Crippen LogP contribution in [0.2, 0.25) is 0 Å². The molecule has 1 heterocycles. The molecule has 0 bridgehead atoms. The number of anilines is 1. The molecular weight excluding hydrogens is 222 g/mol. The first kappa shape index (κ1) is 11.8. The second-order valence-corrected chi connectivity index (χ2v) is 3.87. The lowest BCUT2D eigenvalue weighted by molar-refractivity contribution is 0.0151. The molecule has 2 aromatic rings. The molecule has 0 fully saturated rings. The first-order valence-electron chi connectivity index (χ1n) is 5.34.